The number of nitrogens with zero attached hydrogens (tertiary/aromatic N) is 2. The summed E-state index contributed by atoms with van der Waals surface area (Å²) in [5.74, 6) is -0.0503. The second-order valence-corrected chi connectivity index (χ2v) is 7.74. The highest BCUT2D eigenvalue weighted by molar-refractivity contribution is 6.04. The summed E-state index contributed by atoms with van der Waals surface area (Å²) in [6.45, 7) is 6.19. The van der Waals surface area contributed by atoms with E-state index >= 15 is 0 Å². The van der Waals surface area contributed by atoms with Crippen LogP contribution in [0.15, 0.2) is 24.3 Å². The van der Waals surface area contributed by atoms with Crippen LogP contribution < -0.4 is 5.32 Å². The molecule has 0 atom stereocenters. The molecule has 1 N–H and O–H groups in total. The van der Waals surface area contributed by atoms with Crippen LogP contribution in [0.4, 0.5) is 5.69 Å². The maximum Gasteiger partial charge on any atom is 0.273 e. The number of aryl methyl sites for hydroxylation is 2. The third kappa shape index (κ3) is 3.65. The zero-order chi connectivity index (χ0) is 18.2. The number of ketones is 1. The molecule has 0 aliphatic heterocycles. The predicted molar refractivity (Wildman–Crippen MR) is 98.2 cm³/mol. The average molecular weight is 339 g/mol. The fourth-order valence-corrected chi connectivity index (χ4v) is 3.11. The molecule has 1 amide bonds. The van der Waals surface area contributed by atoms with Crippen LogP contribution in [0.1, 0.15) is 72.1 Å². The molecule has 1 aromatic heterocycles. The first-order valence-corrected chi connectivity index (χ1v) is 8.78. The molecule has 5 nitrogen and oxygen atoms in total. The van der Waals surface area contributed by atoms with Gasteiger partial charge in [-0.05, 0) is 43.0 Å². The summed E-state index contributed by atoms with van der Waals surface area (Å²) in [5, 5.41) is 7.34. The maximum atomic E-state index is 12.6. The number of hydrogen-bond acceptors (Lipinski definition) is 3. The lowest BCUT2D eigenvalue weighted by Crippen LogP contribution is -2.16. The van der Waals surface area contributed by atoms with E-state index in [1.807, 2.05) is 24.3 Å². The summed E-state index contributed by atoms with van der Waals surface area (Å²) in [4.78, 5) is 24.9. The molecule has 1 aliphatic rings. The minimum atomic E-state index is -0.216. The van der Waals surface area contributed by atoms with Crippen LogP contribution in [0.3, 0.4) is 0 Å². The molecule has 3 rings (SSSR count). The van der Waals surface area contributed by atoms with Gasteiger partial charge in [-0.25, -0.2) is 0 Å². The highest BCUT2D eigenvalue weighted by Gasteiger charge is 2.22. The first-order chi connectivity index (χ1) is 11.8. The zero-order valence-electron chi connectivity index (χ0n) is 15.3. The smallest absolute Gasteiger partial charge is 0.273 e. The van der Waals surface area contributed by atoms with Crippen LogP contribution in [-0.4, -0.2) is 21.5 Å². The Morgan fingerprint density at radius 2 is 1.88 bits per heavy atom. The topological polar surface area (TPSA) is 64.0 Å². The predicted octanol–water partition coefficient (Wildman–Crippen LogP) is 3.88. The first-order valence-electron chi connectivity index (χ1n) is 8.78. The van der Waals surface area contributed by atoms with E-state index in [0.717, 1.165) is 36.1 Å². The van der Waals surface area contributed by atoms with Gasteiger partial charge < -0.3 is 5.32 Å². The standard InChI is InChI=1S/C20H25N3O2/c1-20(2,3)18-12-16(23(4)22-18)19(25)21-14-10-9-13-7-5-6-8-17(24)15(13)11-14/h9-12H,5-8H2,1-4H3,(H,21,25). The van der Waals surface area contributed by atoms with Crippen LogP contribution in [-0.2, 0) is 18.9 Å². The Bertz CT molecular complexity index is 828. The van der Waals surface area contributed by atoms with Gasteiger partial charge in [0.2, 0.25) is 0 Å². The fourth-order valence-electron chi connectivity index (χ4n) is 3.11. The van der Waals surface area contributed by atoms with E-state index in [2.05, 4.69) is 31.2 Å². The Kier molecular flexibility index (Phi) is 4.50. The largest absolute Gasteiger partial charge is 0.321 e. The number of carbonyl (C=O) groups excluding carboxylic acids is 2. The van der Waals surface area contributed by atoms with Crippen molar-refractivity contribution in [1.82, 2.24) is 9.78 Å². The second-order valence-electron chi connectivity index (χ2n) is 7.74. The van der Waals surface area contributed by atoms with Crippen molar-refractivity contribution in [2.75, 3.05) is 5.32 Å². The molecule has 0 bridgehead atoms. The number of nitrogens with one attached hydrogen (secondary N) is 1. The van der Waals surface area contributed by atoms with Gasteiger partial charge in [-0.15, -0.1) is 0 Å². The molecule has 25 heavy (non-hydrogen) atoms. The summed E-state index contributed by atoms with van der Waals surface area (Å²) in [6.07, 6.45) is 3.47. The van der Waals surface area contributed by atoms with Crippen molar-refractivity contribution in [3.05, 3.63) is 46.8 Å². The second kappa shape index (κ2) is 6.47. The lowest BCUT2D eigenvalue weighted by Gasteiger charge is -2.13. The number of Topliss-reactive ketones (excluding diaryl/α,β-unsaturated/α-hetero) is 1. The molecule has 1 aliphatic carbocycles. The molecule has 2 aromatic rings. The lowest BCUT2D eigenvalue weighted by atomic mass is 9.92. The Morgan fingerprint density at radius 1 is 1.16 bits per heavy atom. The molecule has 0 spiro atoms. The number of benzene rings is 1. The lowest BCUT2D eigenvalue weighted by molar-refractivity contribution is 0.0979. The van der Waals surface area contributed by atoms with E-state index in [1.54, 1.807) is 11.7 Å². The quantitative estimate of drug-likeness (QED) is 0.845. The average Bonchev–Trinajstić information content (AvgIpc) is 2.85. The molecule has 0 unspecified atom stereocenters. The molecular formula is C20H25N3O2. The summed E-state index contributed by atoms with van der Waals surface area (Å²) >= 11 is 0. The van der Waals surface area contributed by atoms with Gasteiger partial charge in [0, 0.05) is 30.1 Å². The van der Waals surface area contributed by atoms with Crippen molar-refractivity contribution in [3.8, 4) is 0 Å². The summed E-state index contributed by atoms with van der Waals surface area (Å²) < 4.78 is 1.60. The zero-order valence-corrected chi connectivity index (χ0v) is 15.3. The van der Waals surface area contributed by atoms with Gasteiger partial charge >= 0.3 is 0 Å². The summed E-state index contributed by atoms with van der Waals surface area (Å²) in [5.41, 5.74) is 3.74. The summed E-state index contributed by atoms with van der Waals surface area (Å²) in [6, 6.07) is 7.46. The van der Waals surface area contributed by atoms with Gasteiger partial charge in [-0.1, -0.05) is 26.8 Å². The Morgan fingerprint density at radius 3 is 2.56 bits per heavy atom. The monoisotopic (exact) mass is 339 g/mol. The van der Waals surface area contributed by atoms with Gasteiger partial charge in [0.05, 0.1) is 5.69 Å². The normalized spacial score (nSPS) is 14.8. The van der Waals surface area contributed by atoms with Crippen LogP contribution in [0.5, 0.6) is 0 Å². The fraction of sp³-hybridized carbons (Fsp3) is 0.450. The van der Waals surface area contributed by atoms with Crippen molar-refractivity contribution in [3.63, 3.8) is 0 Å². The van der Waals surface area contributed by atoms with Crippen molar-refractivity contribution >= 4 is 17.4 Å². The SMILES string of the molecule is Cn1nc(C(C)(C)C)cc1C(=O)Nc1ccc2c(c1)C(=O)CCCC2. The van der Waals surface area contributed by atoms with E-state index < -0.39 is 0 Å². The van der Waals surface area contributed by atoms with E-state index in [0.29, 0.717) is 17.8 Å². The highest BCUT2D eigenvalue weighted by atomic mass is 16.2. The van der Waals surface area contributed by atoms with E-state index in [1.165, 1.54) is 0 Å². The van der Waals surface area contributed by atoms with Crippen LogP contribution >= 0.6 is 0 Å². The molecule has 0 fully saturated rings. The minimum Gasteiger partial charge on any atom is -0.321 e. The maximum absolute atomic E-state index is 12.6. The molecule has 0 radical (unpaired) electrons. The molecule has 132 valence electrons. The number of fused-ring (bicyclic) bond motifs is 1. The Balaban J connectivity index is 1.84. The number of anilines is 1. The van der Waals surface area contributed by atoms with Gasteiger partial charge in [0.1, 0.15) is 5.69 Å². The number of rotatable bonds is 2. The molecule has 0 saturated heterocycles. The van der Waals surface area contributed by atoms with Crippen LogP contribution in [0.2, 0.25) is 0 Å². The van der Waals surface area contributed by atoms with E-state index in [-0.39, 0.29) is 17.1 Å². The number of amides is 1. The van der Waals surface area contributed by atoms with Crippen molar-refractivity contribution < 1.29 is 9.59 Å². The number of carbonyl (C=O) groups is 2. The summed E-state index contributed by atoms with van der Waals surface area (Å²) in [7, 11) is 1.77. The van der Waals surface area contributed by atoms with Gasteiger partial charge in [0.15, 0.2) is 5.78 Å². The molecule has 1 aromatic carbocycles. The van der Waals surface area contributed by atoms with E-state index in [9.17, 15) is 9.59 Å². The van der Waals surface area contributed by atoms with Crippen molar-refractivity contribution in [2.45, 2.75) is 51.9 Å². The number of aromatic nitrogens is 2. The molecule has 0 saturated carbocycles. The van der Waals surface area contributed by atoms with Crippen LogP contribution in [0.25, 0.3) is 0 Å². The van der Waals surface area contributed by atoms with Gasteiger partial charge in [0.25, 0.3) is 5.91 Å². The molecular weight excluding hydrogens is 314 g/mol. The third-order valence-electron chi connectivity index (χ3n) is 4.65. The highest BCUT2D eigenvalue weighted by Crippen LogP contribution is 2.25. The molecule has 1 heterocycles. The van der Waals surface area contributed by atoms with Gasteiger partial charge in [-0.3, -0.25) is 14.3 Å². The van der Waals surface area contributed by atoms with Gasteiger partial charge in [-0.2, -0.15) is 5.10 Å². The number of hydrogen-bond donors (Lipinski definition) is 1. The van der Waals surface area contributed by atoms with Crippen molar-refractivity contribution in [2.24, 2.45) is 7.05 Å². The Hall–Kier alpha value is -2.43. The van der Waals surface area contributed by atoms with E-state index in [4.69, 9.17) is 0 Å². The minimum absolute atomic E-state index is 0.118. The first kappa shape index (κ1) is 17.4. The van der Waals surface area contributed by atoms with Crippen molar-refractivity contribution in [1.29, 1.82) is 0 Å². The Labute approximate surface area is 148 Å². The van der Waals surface area contributed by atoms with Crippen LogP contribution in [0, 0.1) is 0 Å². The molecule has 5 heteroatoms. The third-order valence-corrected chi connectivity index (χ3v) is 4.65.